The van der Waals surface area contributed by atoms with Crippen LogP contribution in [0.1, 0.15) is 31.8 Å². The number of nitrogens with one attached hydrogen (secondary N) is 1. The maximum atomic E-state index is 13.2. The third-order valence-corrected chi connectivity index (χ3v) is 6.01. The van der Waals surface area contributed by atoms with Gasteiger partial charge >= 0.3 is 0 Å². The lowest BCUT2D eigenvalue weighted by atomic mass is 10.0. The van der Waals surface area contributed by atoms with E-state index in [1.165, 1.54) is 30.3 Å². The molecular weight excluding hydrogens is 477 g/mol. The van der Waals surface area contributed by atoms with Crippen molar-refractivity contribution in [3.8, 4) is 16.9 Å². The van der Waals surface area contributed by atoms with Gasteiger partial charge in [-0.05, 0) is 67.6 Å². The van der Waals surface area contributed by atoms with E-state index in [0.29, 0.717) is 16.8 Å². The van der Waals surface area contributed by atoms with Crippen molar-refractivity contribution in [1.82, 2.24) is 9.78 Å². The molecule has 0 saturated carbocycles. The Labute approximate surface area is 219 Å². The minimum Gasteiger partial charge on any atom is -0.322 e. The van der Waals surface area contributed by atoms with Crippen molar-refractivity contribution in [2.24, 2.45) is 0 Å². The number of ketones is 1. The second-order valence-corrected chi connectivity index (χ2v) is 8.82. The molecule has 38 heavy (non-hydrogen) atoms. The highest BCUT2D eigenvalue weighted by atomic mass is 19.1. The molecule has 0 bridgehead atoms. The highest BCUT2D eigenvalue weighted by molar-refractivity contribution is 6.09. The Morgan fingerprint density at radius 3 is 2.32 bits per heavy atom. The number of amides is 1. The molecule has 0 aliphatic carbocycles. The first kappa shape index (κ1) is 24.6. The van der Waals surface area contributed by atoms with E-state index in [-0.39, 0.29) is 11.7 Å². The molecule has 5 aromatic rings. The van der Waals surface area contributed by atoms with Gasteiger partial charge in [0.1, 0.15) is 5.82 Å². The van der Waals surface area contributed by atoms with Gasteiger partial charge in [-0.2, -0.15) is 5.10 Å². The lowest BCUT2D eigenvalue weighted by Crippen LogP contribution is -2.12. The van der Waals surface area contributed by atoms with E-state index in [4.69, 9.17) is 5.10 Å². The van der Waals surface area contributed by atoms with Crippen LogP contribution in [0.25, 0.3) is 23.0 Å². The average molecular weight is 502 g/mol. The zero-order chi connectivity index (χ0) is 26.5. The van der Waals surface area contributed by atoms with Gasteiger partial charge in [0.25, 0.3) is 5.91 Å². The fourth-order valence-electron chi connectivity index (χ4n) is 3.97. The molecule has 0 fully saturated rings. The van der Waals surface area contributed by atoms with Crippen molar-refractivity contribution in [2.45, 2.75) is 6.92 Å². The number of rotatable bonds is 7. The first-order chi connectivity index (χ1) is 18.5. The van der Waals surface area contributed by atoms with Crippen molar-refractivity contribution in [2.75, 3.05) is 5.32 Å². The third kappa shape index (κ3) is 5.65. The van der Waals surface area contributed by atoms with Gasteiger partial charge in [0.15, 0.2) is 5.78 Å². The largest absolute Gasteiger partial charge is 0.322 e. The predicted octanol–water partition coefficient (Wildman–Crippen LogP) is 7.14. The molecule has 0 aliphatic rings. The van der Waals surface area contributed by atoms with Gasteiger partial charge in [-0.25, -0.2) is 9.07 Å². The summed E-state index contributed by atoms with van der Waals surface area (Å²) in [6, 6.07) is 29.8. The first-order valence-corrected chi connectivity index (χ1v) is 12.1. The van der Waals surface area contributed by atoms with Crippen LogP contribution < -0.4 is 5.32 Å². The molecule has 0 radical (unpaired) electrons. The highest BCUT2D eigenvalue weighted by Gasteiger charge is 2.12. The van der Waals surface area contributed by atoms with Gasteiger partial charge in [-0.15, -0.1) is 0 Å². The maximum Gasteiger partial charge on any atom is 0.255 e. The Morgan fingerprint density at radius 2 is 1.58 bits per heavy atom. The summed E-state index contributed by atoms with van der Waals surface area (Å²) in [5.41, 5.74) is 5.78. The summed E-state index contributed by atoms with van der Waals surface area (Å²) in [6.07, 6.45) is 5.16. The van der Waals surface area contributed by atoms with Gasteiger partial charge < -0.3 is 5.32 Å². The molecule has 186 valence electrons. The van der Waals surface area contributed by atoms with Crippen LogP contribution in [0.4, 0.5) is 10.1 Å². The third-order valence-electron chi connectivity index (χ3n) is 6.01. The van der Waals surface area contributed by atoms with Crippen LogP contribution in [0.15, 0.2) is 115 Å². The number of hydrogen-bond acceptors (Lipinski definition) is 3. The number of aromatic nitrogens is 2. The van der Waals surface area contributed by atoms with E-state index in [9.17, 15) is 14.0 Å². The van der Waals surface area contributed by atoms with Crippen LogP contribution in [-0.2, 0) is 0 Å². The molecule has 0 aliphatic heterocycles. The number of aryl methyl sites for hydroxylation is 1. The standard InChI is InChI=1S/C32H24FN3O2/c1-22-10-12-23(13-11-22)31-26(21-36(35-31)29-8-3-2-4-9-29)16-19-30(37)25-6-5-7-28(20-25)34-32(38)24-14-17-27(33)18-15-24/h2-21H,1H3,(H,34,38)/b19-16+. The Bertz CT molecular complexity index is 1620. The van der Waals surface area contributed by atoms with Crippen molar-refractivity contribution >= 4 is 23.5 Å². The van der Waals surface area contributed by atoms with E-state index in [0.717, 1.165) is 28.1 Å². The quantitative estimate of drug-likeness (QED) is 0.191. The Hall–Kier alpha value is -5.10. The van der Waals surface area contributed by atoms with E-state index in [1.807, 2.05) is 67.7 Å². The van der Waals surface area contributed by atoms with Crippen LogP contribution >= 0.6 is 0 Å². The minimum atomic E-state index is -0.416. The van der Waals surface area contributed by atoms with Crippen molar-refractivity contribution in [3.05, 3.63) is 143 Å². The van der Waals surface area contributed by atoms with Crippen LogP contribution in [0, 0.1) is 12.7 Å². The van der Waals surface area contributed by atoms with E-state index >= 15 is 0 Å². The number of para-hydroxylation sites is 1. The summed E-state index contributed by atoms with van der Waals surface area (Å²) in [6.45, 7) is 2.03. The lowest BCUT2D eigenvalue weighted by Gasteiger charge is -2.06. The van der Waals surface area contributed by atoms with Gasteiger partial charge in [0.2, 0.25) is 0 Å². The van der Waals surface area contributed by atoms with Gasteiger partial charge in [0, 0.05) is 34.1 Å². The summed E-state index contributed by atoms with van der Waals surface area (Å²) in [5, 5.41) is 7.55. The Morgan fingerprint density at radius 1 is 0.842 bits per heavy atom. The smallest absolute Gasteiger partial charge is 0.255 e. The minimum absolute atomic E-state index is 0.217. The van der Waals surface area contributed by atoms with Crippen LogP contribution in [0.5, 0.6) is 0 Å². The number of hydrogen-bond donors (Lipinski definition) is 1. The Kier molecular flexibility index (Phi) is 7.04. The number of carbonyl (C=O) groups is 2. The van der Waals surface area contributed by atoms with Gasteiger partial charge in [-0.3, -0.25) is 9.59 Å². The molecule has 0 spiro atoms. The van der Waals surface area contributed by atoms with Crippen LogP contribution in [0.3, 0.4) is 0 Å². The molecule has 1 N–H and O–H groups in total. The van der Waals surface area contributed by atoms with Crippen LogP contribution in [0.2, 0.25) is 0 Å². The molecule has 5 nitrogen and oxygen atoms in total. The summed E-state index contributed by atoms with van der Waals surface area (Å²) in [5.74, 6) is -1.02. The zero-order valence-corrected chi connectivity index (χ0v) is 20.6. The maximum absolute atomic E-state index is 13.2. The van der Waals surface area contributed by atoms with E-state index in [2.05, 4.69) is 5.32 Å². The monoisotopic (exact) mass is 501 g/mol. The van der Waals surface area contributed by atoms with Crippen molar-refractivity contribution in [3.63, 3.8) is 0 Å². The fraction of sp³-hybridized carbons (Fsp3) is 0.0312. The average Bonchev–Trinajstić information content (AvgIpc) is 3.37. The van der Waals surface area contributed by atoms with Crippen LogP contribution in [-0.4, -0.2) is 21.5 Å². The number of carbonyl (C=O) groups excluding carboxylic acids is 2. The number of halogens is 1. The second-order valence-electron chi connectivity index (χ2n) is 8.82. The van der Waals surface area contributed by atoms with Gasteiger partial charge in [0.05, 0.1) is 11.4 Å². The van der Waals surface area contributed by atoms with E-state index in [1.54, 1.807) is 35.0 Å². The normalized spacial score (nSPS) is 11.0. The first-order valence-electron chi connectivity index (χ1n) is 12.1. The fourth-order valence-corrected chi connectivity index (χ4v) is 3.97. The van der Waals surface area contributed by atoms with Crippen molar-refractivity contribution < 1.29 is 14.0 Å². The molecule has 1 heterocycles. The summed E-state index contributed by atoms with van der Waals surface area (Å²) < 4.78 is 15.0. The second kappa shape index (κ2) is 10.9. The molecule has 4 aromatic carbocycles. The molecule has 5 rings (SSSR count). The lowest BCUT2D eigenvalue weighted by molar-refractivity contribution is 0.102. The number of nitrogens with zero attached hydrogens (tertiary/aromatic N) is 2. The number of benzene rings is 4. The van der Waals surface area contributed by atoms with E-state index < -0.39 is 5.82 Å². The Balaban J connectivity index is 1.39. The molecule has 6 heteroatoms. The number of allylic oxidation sites excluding steroid dienone is 1. The molecular formula is C32H24FN3O2. The number of anilines is 1. The SMILES string of the molecule is Cc1ccc(-c2nn(-c3ccccc3)cc2/C=C/C(=O)c2cccc(NC(=O)c3ccc(F)cc3)c2)cc1. The van der Waals surface area contributed by atoms with Gasteiger partial charge in [-0.1, -0.05) is 60.2 Å². The summed E-state index contributed by atoms with van der Waals surface area (Å²) in [7, 11) is 0. The zero-order valence-electron chi connectivity index (χ0n) is 20.6. The molecule has 1 aromatic heterocycles. The highest BCUT2D eigenvalue weighted by Crippen LogP contribution is 2.26. The molecule has 0 saturated heterocycles. The molecule has 0 unspecified atom stereocenters. The topological polar surface area (TPSA) is 64.0 Å². The van der Waals surface area contributed by atoms with Crippen molar-refractivity contribution in [1.29, 1.82) is 0 Å². The summed E-state index contributed by atoms with van der Waals surface area (Å²) in [4.78, 5) is 25.6. The summed E-state index contributed by atoms with van der Waals surface area (Å²) >= 11 is 0. The molecule has 0 atom stereocenters. The predicted molar refractivity (Wildman–Crippen MR) is 148 cm³/mol. The molecule has 1 amide bonds.